The first-order chi connectivity index (χ1) is 33.4. The molecule has 4 atom stereocenters. The molecule has 3 aromatic carbocycles. The summed E-state index contributed by atoms with van der Waals surface area (Å²) in [6.07, 6.45) is 2.91. The number of β-amino-alcohol motifs (C(OH)–C–C–N with tert-alkyl or cyclic N) is 1. The third kappa shape index (κ3) is 14.8. The number of aliphatic hydroxyl groups excluding tert-OH is 1. The number of nitrogens with zero attached hydrogens (tertiary/aromatic N) is 5. The monoisotopic (exact) mass is 993 g/mol. The number of benzene rings is 3. The highest BCUT2D eigenvalue weighted by molar-refractivity contribution is 7.13. The molecule has 15 nitrogen and oxygen atoms in total. The molecule has 0 aliphatic carbocycles. The third-order valence-electron chi connectivity index (χ3n) is 12.2. The van der Waals surface area contributed by atoms with Crippen LogP contribution in [-0.2, 0) is 35.9 Å². The number of nitriles is 1. The number of ether oxygens (including phenoxy) is 4. The molecule has 5 aromatic rings. The molecule has 1 aliphatic heterocycles. The second-order valence-corrected chi connectivity index (χ2v) is 20.4. The first kappa shape index (κ1) is 53.4. The predicted octanol–water partition coefficient (Wildman–Crippen LogP) is 8.29. The highest BCUT2D eigenvalue weighted by Crippen LogP contribution is 2.35. The van der Waals surface area contributed by atoms with E-state index in [1.54, 1.807) is 29.7 Å². The Morgan fingerprint density at radius 2 is 1.61 bits per heavy atom. The maximum atomic E-state index is 14.0. The normalized spacial score (nSPS) is 15.7. The Balaban J connectivity index is 0.842. The van der Waals surface area contributed by atoms with Gasteiger partial charge in [0.15, 0.2) is 0 Å². The Morgan fingerprint density at radius 3 is 2.31 bits per heavy atom. The standard InChI is InChI=1S/C53H64ClN7O8S/c1-34(37-11-13-38(14-12-37)47-35(2)57-33-70-47)58-49(64)45-28-43(62)30-61(45)50(65)48(52(3,4)5)60-46(63)32-67-23-10-22-66-21-8-9-24-68-51-56-20-19-42(59-51)31-69-44-17-15-39(16-18-44)53(6,7)40-25-36(29-55)26-41(54)27-40/h11-20,25-27,33-34,43,45,48,62H,8-10,21-24,28,30-32H2,1-7H3,(H,58,64)(H,60,63)/t34-,43+,45-,48+/m0/s1. The van der Waals surface area contributed by atoms with Crippen LogP contribution in [0.25, 0.3) is 10.4 Å². The minimum Gasteiger partial charge on any atom is -0.487 e. The SMILES string of the molecule is Cc1ncsc1-c1ccc([C@H](C)NC(=O)[C@@H]2C[C@@H](O)CN2C(=O)[C@@H](NC(=O)COCCCOCCCCOc2nccc(COc3ccc(C(C)(C)c4cc(Cl)cc(C#N)c4)cc3)n2)C(C)(C)C)cc1. The molecular weight excluding hydrogens is 930 g/mol. The summed E-state index contributed by atoms with van der Waals surface area (Å²) in [5, 5.41) is 26.4. The smallest absolute Gasteiger partial charge is 0.316 e. The molecule has 0 unspecified atom stereocenters. The topological polar surface area (TPSA) is 198 Å². The van der Waals surface area contributed by atoms with Gasteiger partial charge in [0.05, 0.1) is 52.2 Å². The lowest BCUT2D eigenvalue weighted by atomic mass is 9.78. The summed E-state index contributed by atoms with van der Waals surface area (Å²) < 4.78 is 23.2. The second kappa shape index (κ2) is 24.7. The van der Waals surface area contributed by atoms with Gasteiger partial charge in [-0.15, -0.1) is 11.3 Å². The number of aromatic nitrogens is 3. The van der Waals surface area contributed by atoms with Gasteiger partial charge >= 0.3 is 6.01 Å². The molecule has 6 rings (SSSR count). The number of carbonyl (C=O) groups is 3. The average molecular weight is 995 g/mol. The van der Waals surface area contributed by atoms with Gasteiger partial charge in [0.25, 0.3) is 0 Å². The fourth-order valence-corrected chi connectivity index (χ4v) is 9.10. The molecular formula is C53H64ClN7O8S. The van der Waals surface area contributed by atoms with Gasteiger partial charge in [0, 0.05) is 49.4 Å². The molecule has 70 heavy (non-hydrogen) atoms. The van der Waals surface area contributed by atoms with Crippen molar-refractivity contribution in [3.63, 3.8) is 0 Å². The number of carbonyl (C=O) groups excluding carboxylic acids is 3. The van der Waals surface area contributed by atoms with Crippen molar-refractivity contribution in [1.82, 2.24) is 30.5 Å². The summed E-state index contributed by atoms with van der Waals surface area (Å²) >= 11 is 7.85. The third-order valence-corrected chi connectivity index (χ3v) is 13.4. The van der Waals surface area contributed by atoms with E-state index < -0.39 is 35.4 Å². The minimum atomic E-state index is -0.960. The van der Waals surface area contributed by atoms with Crippen LogP contribution in [0.4, 0.5) is 0 Å². The fraction of sp³-hybridized carbons (Fsp3) is 0.453. The number of nitrogens with one attached hydrogen (secondary N) is 2. The van der Waals surface area contributed by atoms with Crippen molar-refractivity contribution in [3.05, 3.63) is 123 Å². The van der Waals surface area contributed by atoms with E-state index in [0.29, 0.717) is 48.3 Å². The lowest BCUT2D eigenvalue weighted by Gasteiger charge is -2.35. The molecule has 0 radical (unpaired) electrons. The number of halogens is 1. The van der Waals surface area contributed by atoms with Gasteiger partial charge < -0.3 is 39.6 Å². The highest BCUT2D eigenvalue weighted by atomic mass is 35.5. The van der Waals surface area contributed by atoms with Crippen LogP contribution in [0, 0.1) is 23.7 Å². The number of unbranched alkanes of at least 4 members (excludes halogenated alkanes) is 1. The minimum absolute atomic E-state index is 0.0170. The van der Waals surface area contributed by atoms with Crippen molar-refractivity contribution in [2.75, 3.05) is 39.6 Å². The van der Waals surface area contributed by atoms with Gasteiger partial charge in [-0.3, -0.25) is 14.4 Å². The van der Waals surface area contributed by atoms with Crippen LogP contribution in [0.1, 0.15) is 107 Å². The van der Waals surface area contributed by atoms with Gasteiger partial charge in [-0.1, -0.05) is 82.6 Å². The summed E-state index contributed by atoms with van der Waals surface area (Å²) in [6.45, 7) is 15.2. The van der Waals surface area contributed by atoms with Crippen LogP contribution in [0.2, 0.25) is 5.02 Å². The number of amides is 3. The van der Waals surface area contributed by atoms with E-state index in [-0.39, 0.29) is 56.2 Å². The molecule has 3 N–H and O–H groups in total. The van der Waals surface area contributed by atoms with Gasteiger partial charge in [-0.2, -0.15) is 10.2 Å². The van der Waals surface area contributed by atoms with Crippen molar-refractivity contribution in [3.8, 4) is 28.3 Å². The van der Waals surface area contributed by atoms with Crippen molar-refractivity contribution < 1.29 is 38.4 Å². The maximum absolute atomic E-state index is 14.0. The molecule has 17 heteroatoms. The Kier molecular flexibility index (Phi) is 18.9. The Bertz CT molecular complexity index is 2580. The lowest BCUT2D eigenvalue weighted by molar-refractivity contribution is -0.144. The van der Waals surface area contributed by atoms with Crippen LogP contribution in [0.5, 0.6) is 11.8 Å². The average Bonchev–Trinajstić information content (AvgIpc) is 3.96. The van der Waals surface area contributed by atoms with Gasteiger partial charge in [0.2, 0.25) is 17.7 Å². The lowest BCUT2D eigenvalue weighted by Crippen LogP contribution is -2.58. The zero-order chi connectivity index (χ0) is 50.4. The number of aryl methyl sites for hydroxylation is 1. The maximum Gasteiger partial charge on any atom is 0.316 e. The molecule has 3 heterocycles. The Morgan fingerprint density at radius 1 is 0.900 bits per heavy atom. The summed E-state index contributed by atoms with van der Waals surface area (Å²) in [7, 11) is 0. The van der Waals surface area contributed by atoms with Gasteiger partial charge in [0.1, 0.15) is 31.0 Å². The van der Waals surface area contributed by atoms with Crippen LogP contribution in [0.3, 0.4) is 0 Å². The van der Waals surface area contributed by atoms with Crippen molar-refractivity contribution >= 4 is 40.7 Å². The van der Waals surface area contributed by atoms with Crippen LogP contribution >= 0.6 is 22.9 Å². The molecule has 3 amide bonds. The van der Waals surface area contributed by atoms with Gasteiger partial charge in [-0.25, -0.2) is 9.97 Å². The quantitative estimate of drug-likeness (QED) is 0.0530. The zero-order valence-corrected chi connectivity index (χ0v) is 42.6. The van der Waals surface area contributed by atoms with E-state index in [0.717, 1.165) is 45.7 Å². The van der Waals surface area contributed by atoms with E-state index in [9.17, 15) is 24.8 Å². The zero-order valence-electron chi connectivity index (χ0n) is 41.0. The van der Waals surface area contributed by atoms with Crippen molar-refractivity contribution in [2.45, 2.75) is 110 Å². The number of likely N-dealkylation sites (tertiary alicyclic amines) is 1. The van der Waals surface area contributed by atoms with E-state index in [1.165, 1.54) is 4.90 Å². The van der Waals surface area contributed by atoms with E-state index in [4.69, 9.17) is 30.5 Å². The summed E-state index contributed by atoms with van der Waals surface area (Å²) in [6, 6.07) is 23.2. The molecule has 1 fully saturated rings. The Hall–Kier alpha value is -5.96. The molecule has 372 valence electrons. The summed E-state index contributed by atoms with van der Waals surface area (Å²) in [4.78, 5) is 56.2. The second-order valence-electron chi connectivity index (χ2n) is 19.1. The van der Waals surface area contributed by atoms with Crippen LogP contribution in [0.15, 0.2) is 84.5 Å². The summed E-state index contributed by atoms with van der Waals surface area (Å²) in [5.74, 6) is -0.580. The van der Waals surface area contributed by atoms with Gasteiger partial charge in [-0.05, 0) is 97.2 Å². The highest BCUT2D eigenvalue weighted by Gasteiger charge is 2.44. The number of rotatable bonds is 23. The number of hydrogen-bond acceptors (Lipinski definition) is 13. The van der Waals surface area contributed by atoms with Crippen molar-refractivity contribution in [2.24, 2.45) is 5.41 Å². The first-order valence-corrected chi connectivity index (χ1v) is 24.8. The van der Waals surface area contributed by atoms with Crippen LogP contribution < -0.4 is 20.1 Å². The van der Waals surface area contributed by atoms with E-state index >= 15 is 0 Å². The predicted molar refractivity (Wildman–Crippen MR) is 268 cm³/mol. The van der Waals surface area contributed by atoms with E-state index in [1.807, 2.05) is 101 Å². The summed E-state index contributed by atoms with van der Waals surface area (Å²) in [5.41, 5.74) is 6.84. The largest absolute Gasteiger partial charge is 0.487 e. The van der Waals surface area contributed by atoms with Crippen LogP contribution in [-0.4, -0.2) is 100 Å². The molecule has 1 saturated heterocycles. The number of aliphatic hydroxyl groups is 1. The first-order valence-electron chi connectivity index (χ1n) is 23.6. The Labute approximate surface area is 419 Å². The number of hydrogen-bond donors (Lipinski definition) is 3. The van der Waals surface area contributed by atoms with Crippen molar-refractivity contribution in [1.29, 1.82) is 5.26 Å². The molecule has 0 saturated carbocycles. The number of thiazole rings is 1. The molecule has 0 bridgehead atoms. The fourth-order valence-electron chi connectivity index (χ4n) is 8.05. The van der Waals surface area contributed by atoms with E-state index in [2.05, 4.69) is 45.5 Å². The molecule has 2 aromatic heterocycles. The molecule has 1 aliphatic rings. The molecule has 0 spiro atoms.